The van der Waals surface area contributed by atoms with Gasteiger partial charge in [-0.25, -0.2) is 0 Å². The maximum atomic E-state index is 5.91. The fourth-order valence-corrected chi connectivity index (χ4v) is 25.2. The molecule has 10 aromatic carbocycles. The maximum absolute atomic E-state index is 5.91. The number of furan rings is 1. The van der Waals surface area contributed by atoms with Crippen LogP contribution in [0.2, 0.25) is 0 Å². The average Bonchev–Trinajstić information content (AvgIpc) is 1.56. The van der Waals surface area contributed by atoms with Gasteiger partial charge in [0.25, 0.3) is 0 Å². The predicted molar refractivity (Wildman–Crippen MR) is 577 cm³/mol. The first kappa shape index (κ1) is 106. The van der Waals surface area contributed by atoms with Gasteiger partial charge >= 0.3 is 866 Å². The predicted octanol–water partition coefficient (Wildman–Crippen LogP) is 24.0. The molecule has 144 heavy (non-hydrogen) atoms. The summed E-state index contributed by atoms with van der Waals surface area (Å²) in [5.74, 6) is 0. The van der Waals surface area contributed by atoms with Crippen LogP contribution in [0.4, 0.5) is 0 Å². The van der Waals surface area contributed by atoms with Crippen LogP contribution in [0.1, 0.15) is 64.0 Å². The Morgan fingerprint density at radius 1 is 0.285 bits per heavy atom. The van der Waals surface area contributed by atoms with Crippen LogP contribution < -0.4 is 22.3 Å². The van der Waals surface area contributed by atoms with Crippen molar-refractivity contribution in [2.45, 2.75) is 64.8 Å². The van der Waals surface area contributed by atoms with Gasteiger partial charge < -0.3 is 0 Å². The van der Waals surface area contributed by atoms with Crippen molar-refractivity contribution in [2.24, 2.45) is 0 Å². The van der Waals surface area contributed by atoms with Crippen molar-refractivity contribution in [3.63, 3.8) is 0 Å². The normalized spacial score (nSPS) is 11.4. The van der Waals surface area contributed by atoms with Gasteiger partial charge in [0.15, 0.2) is 0 Å². The second kappa shape index (κ2) is 48.2. The quantitative estimate of drug-likeness (QED) is 0.0673. The molecule has 14 aromatic heterocycles. The van der Waals surface area contributed by atoms with Crippen molar-refractivity contribution in [1.29, 1.82) is 0 Å². The van der Waals surface area contributed by atoms with E-state index in [4.69, 9.17) is 29.3 Å². The van der Waals surface area contributed by atoms with Crippen LogP contribution in [0.15, 0.2) is 369 Å². The Morgan fingerprint density at radius 3 is 1.16 bits per heavy atom. The van der Waals surface area contributed by atoms with Gasteiger partial charge in [0.2, 0.25) is 0 Å². The summed E-state index contributed by atoms with van der Waals surface area (Å²) in [4.78, 5) is 47.4. The molecule has 0 spiro atoms. The molecule has 719 valence electrons. The van der Waals surface area contributed by atoms with Crippen molar-refractivity contribution >= 4 is 212 Å². The van der Waals surface area contributed by atoms with Gasteiger partial charge in [-0.2, -0.15) is 0 Å². The molecular weight excluding hydrogens is 2410 g/mol. The molecule has 0 unspecified atom stereocenters. The Hall–Kier alpha value is -10.9. The third kappa shape index (κ3) is 22.1. The number of thiophene rings is 1. The minimum atomic E-state index is 0. The van der Waals surface area contributed by atoms with Gasteiger partial charge in [0.1, 0.15) is 0 Å². The Kier molecular flexibility index (Phi) is 35.4. The van der Waals surface area contributed by atoms with E-state index in [9.17, 15) is 0 Å². The van der Waals surface area contributed by atoms with Crippen molar-refractivity contribution in [2.75, 3.05) is 0 Å². The van der Waals surface area contributed by atoms with Crippen LogP contribution in [0.5, 0.6) is 0 Å². The second-order valence-electron chi connectivity index (χ2n) is 33.5. The molecule has 12 nitrogen and oxygen atoms in total. The van der Waals surface area contributed by atoms with E-state index in [-0.39, 0.29) is 87.9 Å². The molecule has 25 rings (SSSR count). The second-order valence-corrected chi connectivity index (χ2v) is 41.5. The van der Waals surface area contributed by atoms with E-state index in [1.807, 2.05) is 201 Å². The Morgan fingerprint density at radius 2 is 0.674 bits per heavy atom. The zero-order chi connectivity index (χ0) is 94.5. The number of pyridine rings is 10. The third-order valence-corrected chi connectivity index (χ3v) is 31.7. The molecule has 1 aliphatic rings. The molecule has 0 atom stereocenters. The molecule has 1 aliphatic carbocycles. The summed E-state index contributed by atoms with van der Waals surface area (Å²) in [5, 5.41) is 4.68. The molecule has 0 saturated heterocycles. The molecule has 14 heterocycles. The number of hydrogen-bond donors (Lipinski definition) is 0. The van der Waals surface area contributed by atoms with Crippen LogP contribution in [0.3, 0.4) is 0 Å². The molecule has 0 fully saturated rings. The zero-order valence-electron chi connectivity index (χ0n) is 77.2. The zero-order valence-corrected chi connectivity index (χ0v) is 93.2. The summed E-state index contributed by atoms with van der Waals surface area (Å²) in [5.41, 5.74) is 32.3. The van der Waals surface area contributed by atoms with Gasteiger partial charge in [0, 0.05) is 82.5 Å². The fourth-order valence-electron chi connectivity index (χ4n) is 18.5. The third-order valence-electron chi connectivity index (χ3n) is 24.7. The molecule has 0 amide bonds. The van der Waals surface area contributed by atoms with Crippen LogP contribution in [0.25, 0.3) is 208 Å². The van der Waals surface area contributed by atoms with E-state index in [1.54, 1.807) is 23.7 Å². The first-order valence-electron chi connectivity index (χ1n) is 45.9. The average molecular weight is 2490 g/mol. The summed E-state index contributed by atoms with van der Waals surface area (Å²) in [7, 11) is 0. The summed E-state index contributed by atoms with van der Waals surface area (Å²) in [6.45, 7) is 7.76. The Bertz CT molecular complexity index is 8210. The number of rotatable bonds is 16. The van der Waals surface area contributed by atoms with Crippen molar-refractivity contribution in [3.05, 3.63) is 406 Å². The standard InChI is InChI=1S/C29H26N2Se.C25H19N3Se.C22H12N2OSe.C22H12N2SSe.C22H12N2Se2.5Ni/c1-3-16-29(17-4-2)22-11-8-13-26(32)27(22)28-23(29)14-15-25(31-28)21-10-7-9-20(19-21)24-12-5-6-18-30-24;1-2-15-28-21-10-6-11-23(29)24(21)25-22(28)13-12-20(27-25)18-8-5-7-17(16-18)19-9-3-4-14-26-19;2*26-20-9-4-8-18-21(20)22-19(25-18)11-10-17(24-22)15-6-3-5-14(13-15)16-7-1-2-12-23-16;25-18-8-4-9-19-21(18)22-20(26-19)11-10-17(24-22)15-6-3-5-14(13-15)16-7-1-2-12-23-16;;;;;/h5-15,18H,3-4,16-17H2,1-2H3;3-14H,2,15H2,1H3;3*1-12H;;;;;/q5*-1;;;;;. The van der Waals surface area contributed by atoms with E-state index < -0.39 is 0 Å². The topological polar surface area (TPSA) is 147 Å². The SMILES string of the molecule is CCCC1(CCC)c2ccc(-c3[c-]c(-c4ccccn4)ccc3)nc2-c2c([Se])cccc21.CCCn1c2ccc(-c3[c-]c(-c4ccccn4)ccc3)nc2c2c([Se])cccc21.[Ni].[Ni].[Ni].[Ni].[Ni].[Se]c1cccc2[se]c3ccc(-c4[c-]c(-c5ccccn5)ccc4)nc3c12.[Se]c1cccc2oc3ccc(-c4[c-]c(-c5ccccn5)ccc4)nc3c12.[Se]c1cccc2sc3ccc(-c4[c-]c(-c5ccccn5)ccc4)nc3c12. The number of hydrogen-bond acceptors (Lipinski definition) is 12. The van der Waals surface area contributed by atoms with Crippen LogP contribution >= 0.6 is 11.3 Å². The van der Waals surface area contributed by atoms with Crippen LogP contribution in [0, 0.1) is 30.3 Å². The molecule has 0 saturated carbocycles. The molecule has 0 N–H and O–H groups in total. The number of aryl methyl sites for hydroxylation is 1. The van der Waals surface area contributed by atoms with Gasteiger partial charge in [-0.15, -0.1) is 0 Å². The van der Waals surface area contributed by atoms with Gasteiger partial charge in [-0.05, 0) is 0 Å². The van der Waals surface area contributed by atoms with Gasteiger partial charge in [0.05, 0.1) is 0 Å². The van der Waals surface area contributed by atoms with E-state index >= 15 is 0 Å². The van der Waals surface area contributed by atoms with Crippen LogP contribution in [-0.4, -0.2) is 149 Å². The molecular formula is C120H81N11Ni5OSSe6-5. The van der Waals surface area contributed by atoms with Crippen molar-refractivity contribution in [3.8, 4) is 124 Å². The van der Waals surface area contributed by atoms with Crippen molar-refractivity contribution in [1.82, 2.24) is 54.4 Å². The Balaban J connectivity index is 0.000000128. The molecule has 0 bridgehead atoms. The number of fused-ring (bicyclic) bond motifs is 15. The van der Waals surface area contributed by atoms with E-state index in [0.29, 0.717) is 14.5 Å². The molecule has 24 aromatic rings. The fraction of sp³-hybridized carbons (Fsp3) is 0.0833. The van der Waals surface area contributed by atoms with Crippen molar-refractivity contribution < 1.29 is 86.9 Å². The number of benzene rings is 10. The first-order chi connectivity index (χ1) is 68.3. The van der Waals surface area contributed by atoms with E-state index in [1.165, 1.54) is 70.7 Å². The number of nitrogens with zero attached hydrogens (tertiary/aromatic N) is 11. The van der Waals surface area contributed by atoms with Crippen LogP contribution in [-0.2, 0) is 94.4 Å². The summed E-state index contributed by atoms with van der Waals surface area (Å²) in [6, 6.07) is 131. The van der Waals surface area contributed by atoms with Gasteiger partial charge in [-0.3, -0.25) is 0 Å². The number of aromatic nitrogens is 11. The summed E-state index contributed by atoms with van der Waals surface area (Å²) in [6.07, 6.45) is 14.7. The monoisotopic (exact) mass is 2490 g/mol. The summed E-state index contributed by atoms with van der Waals surface area (Å²) < 4.78 is 19.2. The summed E-state index contributed by atoms with van der Waals surface area (Å²) >= 11 is 18.1. The molecule has 0 aliphatic heterocycles. The molecule has 5 radical (unpaired) electrons. The molecule has 24 heteroatoms. The van der Waals surface area contributed by atoms with Gasteiger partial charge in [-0.1, -0.05) is 0 Å². The van der Waals surface area contributed by atoms with E-state index in [2.05, 4.69) is 312 Å². The van der Waals surface area contributed by atoms with E-state index in [0.717, 1.165) is 209 Å². The Labute approximate surface area is 937 Å². The minimum absolute atomic E-state index is 0. The first-order valence-corrected chi connectivity index (χ1v) is 52.7.